The first-order valence-electron chi connectivity index (χ1n) is 6.99. The molecule has 7 heteroatoms. The largest absolute Gasteiger partial charge is 0.340 e. The molecule has 1 N–H and O–H groups in total. The number of carbonyl (C=O) groups is 1. The summed E-state index contributed by atoms with van der Waals surface area (Å²) in [5.41, 5.74) is 0.345. The second-order valence-corrected chi connectivity index (χ2v) is 7.72. The minimum Gasteiger partial charge on any atom is -0.340 e. The maximum absolute atomic E-state index is 12.4. The molecule has 3 rings (SSSR count). The zero-order valence-electron chi connectivity index (χ0n) is 12.4. The number of carbonyl (C=O) groups excluding carboxylic acids is 1. The van der Waals surface area contributed by atoms with Crippen LogP contribution in [0.15, 0.2) is 45.0 Å². The van der Waals surface area contributed by atoms with Crippen LogP contribution in [0.5, 0.6) is 0 Å². The molecule has 1 amide bonds. The smallest absolute Gasteiger partial charge is 0.272 e. The number of nitrogens with zero attached hydrogens (tertiary/aromatic N) is 2. The zero-order chi connectivity index (χ0) is 16.4. The number of hydrogen-bond donors (Lipinski definition) is 1. The minimum absolute atomic E-state index is 0.0424. The summed E-state index contributed by atoms with van der Waals surface area (Å²) in [6.45, 7) is 0.552. The first-order valence-corrected chi connectivity index (χ1v) is 8.60. The maximum Gasteiger partial charge on any atom is 0.272 e. The predicted molar refractivity (Wildman–Crippen MR) is 94.6 cm³/mol. The third-order valence-electron chi connectivity index (χ3n) is 3.54. The Labute approximate surface area is 145 Å². The fourth-order valence-electron chi connectivity index (χ4n) is 2.34. The van der Waals surface area contributed by atoms with Gasteiger partial charge >= 0.3 is 0 Å². The number of benzene rings is 1. The summed E-state index contributed by atoms with van der Waals surface area (Å²) in [7, 11) is 1.77. The van der Waals surface area contributed by atoms with E-state index in [4.69, 9.17) is 0 Å². The molecule has 0 spiro atoms. The topological polar surface area (TPSA) is 66.1 Å². The zero-order valence-corrected chi connectivity index (χ0v) is 14.8. The standard InChI is InChI=1S/C16H14BrN3O2S/c1-20(9-10-6-7-14(17)23-10)15(21)8-13-11-4-2-3-5-12(11)16(22)19-18-13/h2-7H,8-9H2,1H3,(H,19,22). The predicted octanol–water partition coefficient (Wildman–Crippen LogP) is 2.95. The molecule has 118 valence electrons. The van der Waals surface area contributed by atoms with E-state index in [-0.39, 0.29) is 17.9 Å². The van der Waals surface area contributed by atoms with Gasteiger partial charge in [-0.1, -0.05) is 18.2 Å². The van der Waals surface area contributed by atoms with Crippen LogP contribution < -0.4 is 5.56 Å². The number of amides is 1. The molecule has 23 heavy (non-hydrogen) atoms. The number of aromatic amines is 1. The molecule has 2 heterocycles. The van der Waals surface area contributed by atoms with Gasteiger partial charge in [-0.2, -0.15) is 5.10 Å². The highest BCUT2D eigenvalue weighted by Crippen LogP contribution is 2.23. The number of rotatable bonds is 4. The average Bonchev–Trinajstić information content (AvgIpc) is 2.95. The number of nitrogens with one attached hydrogen (secondary N) is 1. The van der Waals surface area contributed by atoms with Crippen LogP contribution in [0.4, 0.5) is 0 Å². The molecule has 1 aromatic carbocycles. The Bertz CT molecular complexity index is 919. The highest BCUT2D eigenvalue weighted by atomic mass is 79.9. The Kier molecular flexibility index (Phi) is 4.58. The van der Waals surface area contributed by atoms with E-state index in [1.807, 2.05) is 24.3 Å². The second-order valence-electron chi connectivity index (χ2n) is 5.18. The molecule has 0 unspecified atom stereocenters. The van der Waals surface area contributed by atoms with E-state index >= 15 is 0 Å². The number of halogens is 1. The quantitative estimate of drug-likeness (QED) is 0.743. The summed E-state index contributed by atoms with van der Waals surface area (Å²) in [6.07, 6.45) is 0.153. The van der Waals surface area contributed by atoms with Crippen LogP contribution in [-0.2, 0) is 17.8 Å². The van der Waals surface area contributed by atoms with Gasteiger partial charge in [-0.15, -0.1) is 11.3 Å². The van der Waals surface area contributed by atoms with Crippen molar-refractivity contribution in [1.29, 1.82) is 0 Å². The Morgan fingerprint density at radius 2 is 2.00 bits per heavy atom. The molecule has 3 aromatic rings. The first-order chi connectivity index (χ1) is 11.0. The van der Waals surface area contributed by atoms with Crippen LogP contribution in [0, 0.1) is 0 Å². The number of H-pyrrole nitrogens is 1. The van der Waals surface area contributed by atoms with E-state index in [0.717, 1.165) is 14.0 Å². The minimum atomic E-state index is -0.242. The Hall–Kier alpha value is -1.99. The summed E-state index contributed by atoms with van der Waals surface area (Å²) in [5.74, 6) is -0.0424. The molecule has 0 saturated carbocycles. The molecular weight excluding hydrogens is 378 g/mol. The lowest BCUT2D eigenvalue weighted by Crippen LogP contribution is -2.28. The highest BCUT2D eigenvalue weighted by molar-refractivity contribution is 9.11. The van der Waals surface area contributed by atoms with Crippen LogP contribution in [0.25, 0.3) is 10.8 Å². The molecule has 0 aliphatic heterocycles. The first kappa shape index (κ1) is 15.9. The summed E-state index contributed by atoms with van der Waals surface area (Å²) < 4.78 is 1.04. The van der Waals surface area contributed by atoms with Crippen molar-refractivity contribution >= 4 is 43.9 Å². The summed E-state index contributed by atoms with van der Waals surface area (Å²) in [5, 5.41) is 7.78. The number of likely N-dealkylation sites (N-methyl/N-ethyl adjacent to an activating group) is 1. The average molecular weight is 392 g/mol. The van der Waals surface area contributed by atoms with Gasteiger partial charge in [-0.25, -0.2) is 5.10 Å². The molecule has 0 aliphatic carbocycles. The van der Waals surface area contributed by atoms with Gasteiger partial charge in [0, 0.05) is 17.3 Å². The van der Waals surface area contributed by atoms with Crippen molar-refractivity contribution in [3.8, 4) is 0 Å². The van der Waals surface area contributed by atoms with Gasteiger partial charge in [0.15, 0.2) is 0 Å². The van der Waals surface area contributed by atoms with E-state index in [1.54, 1.807) is 35.4 Å². The van der Waals surface area contributed by atoms with Crippen molar-refractivity contribution in [1.82, 2.24) is 15.1 Å². The van der Waals surface area contributed by atoms with Crippen molar-refractivity contribution in [2.75, 3.05) is 7.05 Å². The monoisotopic (exact) mass is 391 g/mol. The van der Waals surface area contributed by atoms with Gasteiger partial charge in [0.2, 0.25) is 5.91 Å². The number of hydrogen-bond acceptors (Lipinski definition) is 4. The molecule has 0 radical (unpaired) electrons. The molecule has 0 fully saturated rings. The summed E-state index contributed by atoms with van der Waals surface area (Å²) >= 11 is 5.02. The SMILES string of the molecule is CN(Cc1ccc(Br)s1)C(=O)Cc1n[nH]c(=O)c2ccccc12. The molecule has 2 aromatic heterocycles. The lowest BCUT2D eigenvalue weighted by Gasteiger charge is -2.16. The van der Waals surface area contributed by atoms with Gasteiger partial charge in [0.25, 0.3) is 5.56 Å². The van der Waals surface area contributed by atoms with Gasteiger partial charge < -0.3 is 4.90 Å². The van der Waals surface area contributed by atoms with Gasteiger partial charge in [-0.3, -0.25) is 9.59 Å². The molecule has 0 saturated heterocycles. The molecule has 0 atom stereocenters. The van der Waals surface area contributed by atoms with Crippen molar-refractivity contribution in [3.05, 3.63) is 61.1 Å². The number of aromatic nitrogens is 2. The second kappa shape index (κ2) is 6.64. The van der Waals surface area contributed by atoms with E-state index in [2.05, 4.69) is 26.1 Å². The van der Waals surface area contributed by atoms with E-state index in [9.17, 15) is 9.59 Å². The van der Waals surface area contributed by atoms with Gasteiger partial charge in [0.1, 0.15) is 0 Å². The molecule has 0 aliphatic rings. The molecular formula is C16H14BrN3O2S. The Morgan fingerprint density at radius 1 is 1.26 bits per heavy atom. The fraction of sp³-hybridized carbons (Fsp3) is 0.188. The van der Waals surface area contributed by atoms with Crippen LogP contribution in [-0.4, -0.2) is 28.1 Å². The van der Waals surface area contributed by atoms with E-state index < -0.39 is 0 Å². The maximum atomic E-state index is 12.4. The summed E-state index contributed by atoms with van der Waals surface area (Å²) in [4.78, 5) is 27.0. The highest BCUT2D eigenvalue weighted by Gasteiger charge is 2.15. The molecule has 5 nitrogen and oxygen atoms in total. The van der Waals surface area contributed by atoms with Crippen LogP contribution >= 0.6 is 27.3 Å². The Balaban J connectivity index is 1.80. The van der Waals surface area contributed by atoms with Crippen LogP contribution in [0.3, 0.4) is 0 Å². The van der Waals surface area contributed by atoms with Gasteiger partial charge in [0.05, 0.1) is 27.8 Å². The fourth-order valence-corrected chi connectivity index (χ4v) is 3.88. The molecule has 0 bridgehead atoms. The van der Waals surface area contributed by atoms with Crippen LogP contribution in [0.2, 0.25) is 0 Å². The van der Waals surface area contributed by atoms with Crippen molar-refractivity contribution in [2.45, 2.75) is 13.0 Å². The van der Waals surface area contributed by atoms with E-state index in [0.29, 0.717) is 17.6 Å². The van der Waals surface area contributed by atoms with E-state index in [1.165, 1.54) is 0 Å². The third kappa shape index (κ3) is 3.51. The van der Waals surface area contributed by atoms with Crippen molar-refractivity contribution < 1.29 is 4.79 Å². The number of thiophene rings is 1. The van der Waals surface area contributed by atoms with Crippen molar-refractivity contribution in [3.63, 3.8) is 0 Å². The van der Waals surface area contributed by atoms with Crippen LogP contribution in [0.1, 0.15) is 10.6 Å². The normalized spacial score (nSPS) is 10.9. The third-order valence-corrected chi connectivity index (χ3v) is 5.15. The summed E-state index contributed by atoms with van der Waals surface area (Å²) in [6, 6.07) is 11.1. The lowest BCUT2D eigenvalue weighted by molar-refractivity contribution is -0.129. The van der Waals surface area contributed by atoms with Crippen molar-refractivity contribution in [2.24, 2.45) is 0 Å². The Morgan fingerprint density at radius 3 is 2.70 bits per heavy atom. The van der Waals surface area contributed by atoms with Gasteiger partial charge in [-0.05, 0) is 34.1 Å². The number of fused-ring (bicyclic) bond motifs is 1. The lowest BCUT2D eigenvalue weighted by atomic mass is 10.1.